The Kier molecular flexibility index (Phi) is 2.99. The van der Waals surface area contributed by atoms with E-state index in [0.29, 0.717) is 21.6 Å². The standard InChI is InChI=1S/C17H13ClN4O/c1-10-14-16(22(20-10)12-7-4-3-6-11(12)18)15-13(8-5-9-19-15)21(2)17(14)23/h3-9H,1-2H3. The van der Waals surface area contributed by atoms with Gasteiger partial charge < -0.3 is 4.57 Å². The van der Waals surface area contributed by atoms with E-state index in [-0.39, 0.29) is 5.56 Å². The summed E-state index contributed by atoms with van der Waals surface area (Å²) in [5, 5.41) is 5.69. The van der Waals surface area contributed by atoms with Crippen molar-refractivity contribution >= 4 is 33.5 Å². The van der Waals surface area contributed by atoms with E-state index in [1.165, 1.54) is 0 Å². The largest absolute Gasteiger partial charge is 0.309 e. The van der Waals surface area contributed by atoms with Crippen molar-refractivity contribution in [2.45, 2.75) is 6.92 Å². The summed E-state index contributed by atoms with van der Waals surface area (Å²) in [7, 11) is 1.75. The van der Waals surface area contributed by atoms with Gasteiger partial charge in [0.1, 0.15) is 11.0 Å². The smallest absolute Gasteiger partial charge is 0.262 e. The van der Waals surface area contributed by atoms with Crippen molar-refractivity contribution in [1.29, 1.82) is 0 Å². The number of nitrogens with zero attached hydrogens (tertiary/aromatic N) is 4. The Hall–Kier alpha value is -2.66. The normalized spacial score (nSPS) is 11.4. The Morgan fingerprint density at radius 2 is 1.91 bits per heavy atom. The van der Waals surface area contributed by atoms with Crippen LogP contribution in [0.1, 0.15) is 5.69 Å². The fraction of sp³-hybridized carbons (Fsp3) is 0.118. The summed E-state index contributed by atoms with van der Waals surface area (Å²) in [4.78, 5) is 17.2. The molecule has 6 heteroatoms. The van der Waals surface area contributed by atoms with Crippen LogP contribution in [0.15, 0.2) is 47.4 Å². The molecule has 0 unspecified atom stereocenters. The van der Waals surface area contributed by atoms with Crippen LogP contribution in [0.25, 0.3) is 27.6 Å². The third-order valence-corrected chi connectivity index (χ3v) is 4.35. The summed E-state index contributed by atoms with van der Waals surface area (Å²) in [5.74, 6) is 0. The van der Waals surface area contributed by atoms with E-state index in [4.69, 9.17) is 11.6 Å². The van der Waals surface area contributed by atoms with Gasteiger partial charge in [-0.2, -0.15) is 5.10 Å². The van der Waals surface area contributed by atoms with Gasteiger partial charge in [-0.05, 0) is 31.2 Å². The molecule has 0 saturated heterocycles. The number of benzene rings is 1. The quantitative estimate of drug-likeness (QED) is 0.540. The van der Waals surface area contributed by atoms with Crippen LogP contribution in [-0.2, 0) is 7.05 Å². The number of pyridine rings is 2. The summed E-state index contributed by atoms with van der Waals surface area (Å²) >= 11 is 6.33. The number of halogens is 1. The predicted octanol–water partition coefficient (Wildman–Crippen LogP) is 3.23. The maximum absolute atomic E-state index is 12.7. The molecular formula is C17H13ClN4O. The van der Waals surface area contributed by atoms with E-state index >= 15 is 0 Å². The van der Waals surface area contributed by atoms with Crippen LogP contribution < -0.4 is 5.56 Å². The Morgan fingerprint density at radius 3 is 2.70 bits per heavy atom. The van der Waals surface area contributed by atoms with Crippen molar-refractivity contribution in [1.82, 2.24) is 19.3 Å². The van der Waals surface area contributed by atoms with Gasteiger partial charge in [-0.25, -0.2) is 4.68 Å². The van der Waals surface area contributed by atoms with E-state index in [1.807, 2.05) is 37.3 Å². The first kappa shape index (κ1) is 14.0. The third-order valence-electron chi connectivity index (χ3n) is 4.03. The lowest BCUT2D eigenvalue weighted by Gasteiger charge is -2.09. The predicted molar refractivity (Wildman–Crippen MR) is 91.4 cm³/mol. The first-order valence-electron chi connectivity index (χ1n) is 7.17. The molecule has 0 aliphatic carbocycles. The maximum Gasteiger partial charge on any atom is 0.262 e. The van der Waals surface area contributed by atoms with Gasteiger partial charge >= 0.3 is 0 Å². The Morgan fingerprint density at radius 1 is 1.13 bits per heavy atom. The fourth-order valence-corrected chi connectivity index (χ4v) is 3.14. The molecule has 0 radical (unpaired) electrons. The van der Waals surface area contributed by atoms with Crippen molar-refractivity contribution in [3.63, 3.8) is 0 Å². The molecule has 5 nitrogen and oxygen atoms in total. The molecule has 0 fully saturated rings. The van der Waals surface area contributed by atoms with Gasteiger partial charge in [-0.15, -0.1) is 0 Å². The molecule has 3 heterocycles. The van der Waals surface area contributed by atoms with E-state index in [0.717, 1.165) is 16.7 Å². The highest BCUT2D eigenvalue weighted by Crippen LogP contribution is 2.28. The molecule has 0 atom stereocenters. The van der Waals surface area contributed by atoms with Crippen LogP contribution in [0.3, 0.4) is 0 Å². The third kappa shape index (κ3) is 1.90. The van der Waals surface area contributed by atoms with Crippen LogP contribution in [0, 0.1) is 6.92 Å². The van der Waals surface area contributed by atoms with Crippen molar-refractivity contribution in [3.8, 4) is 5.69 Å². The summed E-state index contributed by atoms with van der Waals surface area (Å²) in [6, 6.07) is 11.1. The summed E-state index contributed by atoms with van der Waals surface area (Å²) in [5.41, 5.74) is 3.48. The summed E-state index contributed by atoms with van der Waals surface area (Å²) in [6.07, 6.45) is 1.71. The Balaban J connectivity index is 2.29. The first-order chi connectivity index (χ1) is 11.1. The lowest BCUT2D eigenvalue weighted by molar-refractivity contribution is 0.890. The van der Waals surface area contributed by atoms with Gasteiger partial charge in [0.05, 0.1) is 27.3 Å². The van der Waals surface area contributed by atoms with E-state index in [9.17, 15) is 4.79 Å². The molecular weight excluding hydrogens is 312 g/mol. The number of hydrogen-bond donors (Lipinski definition) is 0. The monoisotopic (exact) mass is 324 g/mol. The highest BCUT2D eigenvalue weighted by molar-refractivity contribution is 6.32. The van der Waals surface area contributed by atoms with Crippen LogP contribution in [0.5, 0.6) is 0 Å². The second kappa shape index (κ2) is 4.93. The number of aromatic nitrogens is 4. The van der Waals surface area contributed by atoms with Crippen molar-refractivity contribution < 1.29 is 0 Å². The second-order valence-corrected chi connectivity index (χ2v) is 5.81. The van der Waals surface area contributed by atoms with Gasteiger partial charge in [-0.3, -0.25) is 9.78 Å². The van der Waals surface area contributed by atoms with Crippen molar-refractivity contribution in [2.75, 3.05) is 0 Å². The number of aryl methyl sites for hydroxylation is 2. The molecule has 1 aromatic carbocycles. The summed E-state index contributed by atoms with van der Waals surface area (Å²) in [6.45, 7) is 1.83. The van der Waals surface area contributed by atoms with Crippen LogP contribution >= 0.6 is 11.6 Å². The van der Waals surface area contributed by atoms with E-state index in [1.54, 1.807) is 28.6 Å². The molecule has 0 amide bonds. The molecule has 0 saturated carbocycles. The number of para-hydroxylation sites is 1. The zero-order valence-electron chi connectivity index (χ0n) is 12.6. The number of fused-ring (bicyclic) bond motifs is 3. The number of hydrogen-bond acceptors (Lipinski definition) is 3. The molecule has 114 valence electrons. The lowest BCUT2D eigenvalue weighted by Crippen LogP contribution is -2.18. The lowest BCUT2D eigenvalue weighted by atomic mass is 10.2. The Labute approximate surface area is 136 Å². The number of rotatable bonds is 1. The van der Waals surface area contributed by atoms with Gasteiger partial charge in [0.15, 0.2) is 0 Å². The van der Waals surface area contributed by atoms with Gasteiger partial charge in [0, 0.05) is 13.2 Å². The Bertz CT molecular complexity index is 1130. The van der Waals surface area contributed by atoms with E-state index in [2.05, 4.69) is 10.1 Å². The van der Waals surface area contributed by atoms with Gasteiger partial charge in [0.25, 0.3) is 5.56 Å². The zero-order valence-corrected chi connectivity index (χ0v) is 13.4. The first-order valence-corrected chi connectivity index (χ1v) is 7.55. The van der Waals surface area contributed by atoms with E-state index < -0.39 is 0 Å². The zero-order chi connectivity index (χ0) is 16.1. The molecule has 23 heavy (non-hydrogen) atoms. The maximum atomic E-state index is 12.7. The molecule has 0 aliphatic rings. The molecule has 0 aliphatic heterocycles. The van der Waals surface area contributed by atoms with Crippen LogP contribution in [0.2, 0.25) is 5.02 Å². The second-order valence-electron chi connectivity index (χ2n) is 5.41. The SMILES string of the molecule is Cc1nn(-c2ccccc2Cl)c2c1c(=O)n(C)c1cccnc21. The van der Waals surface area contributed by atoms with Crippen molar-refractivity contribution in [2.24, 2.45) is 7.05 Å². The fourth-order valence-electron chi connectivity index (χ4n) is 2.93. The molecule has 3 aromatic heterocycles. The minimum Gasteiger partial charge on any atom is -0.309 e. The minimum atomic E-state index is -0.0868. The molecule has 0 bridgehead atoms. The minimum absolute atomic E-state index is 0.0868. The molecule has 4 rings (SSSR count). The van der Waals surface area contributed by atoms with Crippen LogP contribution in [-0.4, -0.2) is 19.3 Å². The molecule has 0 N–H and O–H groups in total. The molecule has 0 spiro atoms. The van der Waals surface area contributed by atoms with Crippen LogP contribution in [0.4, 0.5) is 0 Å². The molecule has 4 aromatic rings. The van der Waals surface area contributed by atoms with Crippen molar-refractivity contribution in [3.05, 3.63) is 63.7 Å². The van der Waals surface area contributed by atoms with Gasteiger partial charge in [-0.1, -0.05) is 23.7 Å². The summed E-state index contributed by atoms with van der Waals surface area (Å²) < 4.78 is 3.32. The van der Waals surface area contributed by atoms with Gasteiger partial charge in [0.2, 0.25) is 0 Å². The highest BCUT2D eigenvalue weighted by atomic mass is 35.5. The highest BCUT2D eigenvalue weighted by Gasteiger charge is 2.19. The topological polar surface area (TPSA) is 52.7 Å². The average Bonchev–Trinajstić information content (AvgIpc) is 2.90. The average molecular weight is 325 g/mol.